The molecule has 32 heavy (non-hydrogen) atoms. The summed E-state index contributed by atoms with van der Waals surface area (Å²) in [6, 6.07) is 6.98. The van der Waals surface area contributed by atoms with Crippen molar-refractivity contribution in [3.05, 3.63) is 56.6 Å². The summed E-state index contributed by atoms with van der Waals surface area (Å²) in [5.74, 6) is -1.76. The number of nitrogens with zero attached hydrogens (tertiary/aromatic N) is 3. The lowest BCUT2D eigenvalue weighted by Gasteiger charge is -2.25. The van der Waals surface area contributed by atoms with E-state index in [9.17, 15) is 22.8 Å². The van der Waals surface area contributed by atoms with Gasteiger partial charge >= 0.3 is 6.18 Å². The van der Waals surface area contributed by atoms with E-state index in [-0.39, 0.29) is 5.56 Å². The van der Waals surface area contributed by atoms with Gasteiger partial charge in [0.15, 0.2) is 0 Å². The number of aromatic amines is 1. The molecule has 1 N–H and O–H groups in total. The number of ether oxygens (including phenoxy) is 1. The van der Waals surface area contributed by atoms with Gasteiger partial charge in [0.25, 0.3) is 5.56 Å². The molecule has 1 aliphatic rings. The largest absolute Gasteiger partial charge is 0.449 e. The molecule has 1 aromatic carbocycles. The number of halogens is 5. The Morgan fingerprint density at radius 1 is 1.22 bits per heavy atom. The zero-order valence-electron chi connectivity index (χ0n) is 16.9. The molecule has 1 fully saturated rings. The Morgan fingerprint density at radius 3 is 2.47 bits per heavy atom. The highest BCUT2D eigenvalue weighted by Gasteiger charge is 2.33. The fraction of sp³-hybridized carbons (Fsp3) is 0.350. The highest BCUT2D eigenvalue weighted by atomic mass is 35.5. The maximum Gasteiger partial charge on any atom is 0.449 e. The monoisotopic (exact) mass is 490 g/mol. The van der Waals surface area contributed by atoms with E-state index in [1.165, 1.54) is 0 Å². The van der Waals surface area contributed by atoms with Gasteiger partial charge in [-0.2, -0.15) is 18.3 Å². The second-order valence-electron chi connectivity index (χ2n) is 7.03. The van der Waals surface area contributed by atoms with Crippen LogP contribution in [0, 0.1) is 0 Å². The van der Waals surface area contributed by atoms with Crippen molar-refractivity contribution in [1.82, 2.24) is 19.5 Å². The molecule has 1 aliphatic heterocycles. The van der Waals surface area contributed by atoms with Gasteiger partial charge in [0, 0.05) is 37.1 Å². The molecule has 172 valence electrons. The first kappa shape index (κ1) is 24.2. The Labute approximate surface area is 190 Å². The Morgan fingerprint density at radius 2 is 1.88 bits per heavy atom. The van der Waals surface area contributed by atoms with E-state index < -0.39 is 12.0 Å². The second-order valence-corrected chi connectivity index (χ2v) is 7.87. The molecular weight excluding hydrogens is 472 g/mol. The van der Waals surface area contributed by atoms with Crippen LogP contribution in [0.25, 0.3) is 16.8 Å². The molecule has 0 saturated carbocycles. The zero-order chi connectivity index (χ0) is 23.5. The first-order valence-corrected chi connectivity index (χ1v) is 10.2. The number of morpholine rings is 1. The highest BCUT2D eigenvalue weighted by Crippen LogP contribution is 2.28. The number of H-pyrrole nitrogens is 1. The minimum Gasteiger partial charge on any atom is -0.379 e. The van der Waals surface area contributed by atoms with E-state index in [0.29, 0.717) is 40.3 Å². The summed E-state index contributed by atoms with van der Waals surface area (Å²) in [7, 11) is 0. The summed E-state index contributed by atoms with van der Waals surface area (Å²) in [4.78, 5) is 26.9. The van der Waals surface area contributed by atoms with Crippen LogP contribution in [0.15, 0.2) is 35.3 Å². The lowest BCUT2D eigenvalue weighted by molar-refractivity contribution is -0.168. The third-order valence-corrected chi connectivity index (χ3v) is 5.18. The van der Waals surface area contributed by atoms with Crippen LogP contribution >= 0.6 is 23.2 Å². The number of Topliss-reactive ketones (excluding diaryl/α,β-unsaturated/α-hetero) is 1. The molecule has 0 unspecified atom stereocenters. The number of carbonyl (C=O) groups is 1. The number of hydrogen-bond acceptors (Lipinski definition) is 5. The summed E-state index contributed by atoms with van der Waals surface area (Å²) >= 11 is 12.2. The Kier molecular flexibility index (Phi) is 7.60. The van der Waals surface area contributed by atoms with Crippen molar-refractivity contribution in [2.75, 3.05) is 26.3 Å². The molecule has 7 nitrogen and oxygen atoms in total. The van der Waals surface area contributed by atoms with E-state index >= 15 is 0 Å². The third-order valence-electron chi connectivity index (χ3n) is 4.63. The number of aromatic nitrogens is 3. The number of alkyl halides is 3. The number of hydrogen-bond donors (Lipinski definition) is 1. The fourth-order valence-corrected chi connectivity index (χ4v) is 3.47. The highest BCUT2D eigenvalue weighted by molar-refractivity contribution is 6.36. The van der Waals surface area contributed by atoms with Gasteiger partial charge in [-0.1, -0.05) is 23.2 Å². The van der Waals surface area contributed by atoms with Crippen molar-refractivity contribution < 1.29 is 22.7 Å². The zero-order valence-corrected chi connectivity index (χ0v) is 18.4. The number of fused-ring (bicyclic) bond motifs is 1. The summed E-state index contributed by atoms with van der Waals surface area (Å²) in [6.45, 7) is 4.38. The van der Waals surface area contributed by atoms with Crippen LogP contribution in [0.3, 0.4) is 0 Å². The van der Waals surface area contributed by atoms with Crippen LogP contribution in [0.5, 0.6) is 0 Å². The van der Waals surface area contributed by atoms with Crippen LogP contribution in [-0.2, 0) is 16.1 Å². The minimum atomic E-state index is -4.64. The number of rotatable bonds is 3. The first-order valence-electron chi connectivity index (χ1n) is 9.49. The third kappa shape index (κ3) is 6.10. The average molecular weight is 491 g/mol. The molecule has 2 aromatic heterocycles. The molecule has 12 heteroatoms. The maximum atomic E-state index is 12.4. The molecule has 0 radical (unpaired) electrons. The van der Waals surface area contributed by atoms with Gasteiger partial charge in [0.2, 0.25) is 5.78 Å². The van der Waals surface area contributed by atoms with Crippen LogP contribution in [-0.4, -0.2) is 57.8 Å². The van der Waals surface area contributed by atoms with Gasteiger partial charge < -0.3 is 9.72 Å². The topological polar surface area (TPSA) is 79.7 Å². The molecule has 0 aliphatic carbocycles. The van der Waals surface area contributed by atoms with Crippen molar-refractivity contribution in [1.29, 1.82) is 0 Å². The normalized spacial score (nSPS) is 14.8. The fourth-order valence-electron chi connectivity index (χ4n) is 2.96. The second kappa shape index (κ2) is 10.0. The SMILES string of the molecule is CC(=O)C(F)(F)F.O=c1[nH]c(-c2ccc(Cl)cc2Cl)cn2nc(CN3CCOCC3)cc12. The number of ketones is 1. The molecular formula is C20H19Cl2F3N4O3. The maximum absolute atomic E-state index is 12.4. The number of benzene rings is 1. The molecule has 0 spiro atoms. The number of carbonyl (C=O) groups excluding carboxylic acids is 1. The van der Waals surface area contributed by atoms with E-state index in [1.54, 1.807) is 28.9 Å². The molecule has 4 rings (SSSR count). The van der Waals surface area contributed by atoms with Crippen LogP contribution in [0.4, 0.5) is 13.2 Å². The molecule has 3 heterocycles. The van der Waals surface area contributed by atoms with E-state index in [0.717, 1.165) is 32.0 Å². The Bertz CT molecular complexity index is 1170. The van der Waals surface area contributed by atoms with E-state index in [1.807, 2.05) is 6.07 Å². The Balaban J connectivity index is 0.000000360. The molecule has 1 saturated heterocycles. The van der Waals surface area contributed by atoms with E-state index in [2.05, 4.69) is 15.0 Å². The van der Waals surface area contributed by atoms with Gasteiger partial charge in [-0.05, 0) is 24.3 Å². The van der Waals surface area contributed by atoms with Crippen molar-refractivity contribution in [2.24, 2.45) is 0 Å². The van der Waals surface area contributed by atoms with Crippen molar-refractivity contribution in [3.8, 4) is 11.3 Å². The van der Waals surface area contributed by atoms with Crippen molar-refractivity contribution >= 4 is 34.5 Å². The first-order chi connectivity index (χ1) is 15.0. The predicted octanol–water partition coefficient (Wildman–Crippen LogP) is 3.97. The molecule has 0 atom stereocenters. The van der Waals surface area contributed by atoms with Gasteiger partial charge in [-0.15, -0.1) is 0 Å². The van der Waals surface area contributed by atoms with Gasteiger partial charge in [-0.25, -0.2) is 4.52 Å². The van der Waals surface area contributed by atoms with E-state index in [4.69, 9.17) is 27.9 Å². The minimum absolute atomic E-state index is 0.204. The molecule has 0 bridgehead atoms. The Hall–Kier alpha value is -2.40. The van der Waals surface area contributed by atoms with Crippen LogP contribution < -0.4 is 5.56 Å². The van der Waals surface area contributed by atoms with Crippen LogP contribution in [0.1, 0.15) is 12.6 Å². The summed E-state index contributed by atoms with van der Waals surface area (Å²) in [6.07, 6.45) is -2.87. The van der Waals surface area contributed by atoms with Gasteiger partial charge in [0.1, 0.15) is 5.52 Å². The predicted molar refractivity (Wildman–Crippen MR) is 114 cm³/mol. The van der Waals surface area contributed by atoms with Gasteiger partial charge in [-0.3, -0.25) is 14.5 Å². The summed E-state index contributed by atoms with van der Waals surface area (Å²) < 4.78 is 39.4. The number of nitrogens with one attached hydrogen (secondary N) is 1. The van der Waals surface area contributed by atoms with Crippen molar-refractivity contribution in [2.45, 2.75) is 19.6 Å². The average Bonchev–Trinajstić information content (AvgIpc) is 3.11. The van der Waals surface area contributed by atoms with Crippen molar-refractivity contribution in [3.63, 3.8) is 0 Å². The molecule has 0 amide bonds. The quantitative estimate of drug-likeness (QED) is 0.600. The smallest absolute Gasteiger partial charge is 0.379 e. The van der Waals surface area contributed by atoms with Gasteiger partial charge in [0.05, 0.1) is 35.8 Å². The lowest BCUT2D eigenvalue weighted by atomic mass is 10.1. The molecule has 3 aromatic rings. The standard InChI is InChI=1S/C17H16Cl2N4O2.C3H3F3O/c18-11-1-2-13(14(19)7-11)15-10-23-16(17(24)20-15)8-12(21-23)9-22-3-5-25-6-4-22;1-2(7)3(4,5)6/h1-2,7-8,10H,3-6,9H2,(H,20,24);1H3. The lowest BCUT2D eigenvalue weighted by Crippen LogP contribution is -2.35. The van der Waals surface area contributed by atoms with Crippen LogP contribution in [0.2, 0.25) is 10.0 Å². The summed E-state index contributed by atoms with van der Waals surface area (Å²) in [5, 5.41) is 5.57. The summed E-state index contributed by atoms with van der Waals surface area (Å²) in [5.41, 5.74) is 2.46.